The Bertz CT molecular complexity index is 491. The Morgan fingerprint density at radius 1 is 1.30 bits per heavy atom. The van der Waals surface area contributed by atoms with Gasteiger partial charge in [-0.2, -0.15) is 0 Å². The molecule has 0 spiro atoms. The maximum absolute atomic E-state index is 5.97. The van der Waals surface area contributed by atoms with E-state index in [9.17, 15) is 0 Å². The summed E-state index contributed by atoms with van der Waals surface area (Å²) < 4.78 is 16.8. The molecule has 6 nitrogen and oxygen atoms in total. The van der Waals surface area contributed by atoms with Gasteiger partial charge in [0.15, 0.2) is 5.96 Å². The van der Waals surface area contributed by atoms with Crippen molar-refractivity contribution in [2.24, 2.45) is 10.9 Å². The van der Waals surface area contributed by atoms with Crippen LogP contribution in [-0.2, 0) is 16.1 Å². The van der Waals surface area contributed by atoms with Gasteiger partial charge in [-0.3, -0.25) is 4.99 Å². The first-order chi connectivity index (χ1) is 12.8. The first-order valence-corrected chi connectivity index (χ1v) is 9.99. The summed E-state index contributed by atoms with van der Waals surface area (Å²) in [6.45, 7) is 5.82. The SMILES string of the molecule is CCOC(CCNC(=NC)NCCCOCc1ccco1)C1CCCC1.I. The van der Waals surface area contributed by atoms with Crippen LogP contribution in [0.1, 0.15) is 51.2 Å². The number of hydrogen-bond acceptors (Lipinski definition) is 4. The molecular formula is C20H36IN3O3. The van der Waals surface area contributed by atoms with Crippen LogP contribution in [0.15, 0.2) is 27.8 Å². The maximum atomic E-state index is 5.97. The number of rotatable bonds is 12. The fourth-order valence-corrected chi connectivity index (χ4v) is 3.50. The maximum Gasteiger partial charge on any atom is 0.190 e. The number of hydrogen-bond donors (Lipinski definition) is 2. The summed E-state index contributed by atoms with van der Waals surface area (Å²) in [5.74, 6) is 2.44. The van der Waals surface area contributed by atoms with E-state index in [2.05, 4.69) is 22.5 Å². The van der Waals surface area contributed by atoms with E-state index in [0.29, 0.717) is 19.3 Å². The summed E-state index contributed by atoms with van der Waals surface area (Å²) in [4.78, 5) is 4.28. The molecule has 1 aliphatic rings. The van der Waals surface area contributed by atoms with Gasteiger partial charge in [0.05, 0.1) is 12.4 Å². The molecule has 0 saturated heterocycles. The summed E-state index contributed by atoms with van der Waals surface area (Å²) in [6.07, 6.45) is 9.34. The van der Waals surface area contributed by atoms with E-state index in [1.165, 1.54) is 25.7 Å². The predicted molar refractivity (Wildman–Crippen MR) is 120 cm³/mol. The molecule has 156 valence electrons. The van der Waals surface area contributed by atoms with E-state index in [1.807, 2.05) is 12.1 Å². The summed E-state index contributed by atoms with van der Waals surface area (Å²) in [5, 5.41) is 6.73. The number of aliphatic imine (C=N–C) groups is 1. The Labute approximate surface area is 180 Å². The van der Waals surface area contributed by atoms with Gasteiger partial charge in [-0.05, 0) is 50.7 Å². The van der Waals surface area contributed by atoms with E-state index in [0.717, 1.165) is 50.2 Å². The minimum Gasteiger partial charge on any atom is -0.467 e. The smallest absolute Gasteiger partial charge is 0.190 e. The van der Waals surface area contributed by atoms with Crippen molar-refractivity contribution in [3.8, 4) is 0 Å². The molecule has 1 atom stereocenters. The van der Waals surface area contributed by atoms with Crippen LogP contribution in [0.2, 0.25) is 0 Å². The van der Waals surface area contributed by atoms with Crippen molar-refractivity contribution in [2.45, 2.75) is 58.2 Å². The van der Waals surface area contributed by atoms with E-state index in [1.54, 1.807) is 13.3 Å². The standard InChI is InChI=1S/C20H35N3O3.HI/c1-3-25-19(17-8-4-5-9-17)11-13-23-20(21-2)22-12-7-14-24-16-18-10-6-15-26-18;/h6,10,15,17,19H,3-5,7-9,11-14,16H2,1-2H3,(H2,21,22,23);1H. The highest BCUT2D eigenvalue weighted by Crippen LogP contribution is 2.30. The zero-order chi connectivity index (χ0) is 18.5. The Kier molecular flexibility index (Phi) is 13.6. The highest BCUT2D eigenvalue weighted by Gasteiger charge is 2.24. The zero-order valence-electron chi connectivity index (χ0n) is 16.7. The van der Waals surface area contributed by atoms with Crippen LogP contribution in [0.4, 0.5) is 0 Å². The molecule has 1 unspecified atom stereocenters. The normalized spacial score (nSPS) is 16.1. The number of furan rings is 1. The van der Waals surface area contributed by atoms with Gasteiger partial charge in [-0.1, -0.05) is 12.8 Å². The molecule has 27 heavy (non-hydrogen) atoms. The largest absolute Gasteiger partial charge is 0.467 e. The summed E-state index contributed by atoms with van der Waals surface area (Å²) in [5.41, 5.74) is 0. The van der Waals surface area contributed by atoms with Crippen LogP contribution in [0.5, 0.6) is 0 Å². The van der Waals surface area contributed by atoms with Gasteiger partial charge in [0.2, 0.25) is 0 Å². The second-order valence-electron chi connectivity index (χ2n) is 6.74. The molecule has 1 aromatic rings. The highest BCUT2D eigenvalue weighted by molar-refractivity contribution is 14.0. The van der Waals surface area contributed by atoms with Crippen LogP contribution in [0.25, 0.3) is 0 Å². The van der Waals surface area contributed by atoms with E-state index in [4.69, 9.17) is 13.9 Å². The number of guanidine groups is 1. The molecule has 1 aromatic heterocycles. The molecule has 2 N–H and O–H groups in total. The Morgan fingerprint density at radius 3 is 2.74 bits per heavy atom. The van der Waals surface area contributed by atoms with Gasteiger partial charge in [0.1, 0.15) is 12.4 Å². The number of ether oxygens (including phenoxy) is 2. The molecule has 7 heteroatoms. The summed E-state index contributed by atoms with van der Waals surface area (Å²) in [6, 6.07) is 3.80. The van der Waals surface area contributed by atoms with Crippen LogP contribution >= 0.6 is 24.0 Å². The van der Waals surface area contributed by atoms with Gasteiger partial charge in [0.25, 0.3) is 0 Å². The molecule has 0 aromatic carbocycles. The van der Waals surface area contributed by atoms with E-state index < -0.39 is 0 Å². The van der Waals surface area contributed by atoms with E-state index >= 15 is 0 Å². The third kappa shape index (κ3) is 9.80. The van der Waals surface area contributed by atoms with Crippen LogP contribution in [-0.4, -0.2) is 45.4 Å². The van der Waals surface area contributed by atoms with Gasteiger partial charge < -0.3 is 24.5 Å². The quantitative estimate of drug-likeness (QED) is 0.200. The average Bonchev–Trinajstić information content (AvgIpc) is 3.36. The van der Waals surface area contributed by atoms with Crippen molar-refractivity contribution in [3.63, 3.8) is 0 Å². The molecule has 0 radical (unpaired) electrons. The van der Waals surface area contributed by atoms with E-state index in [-0.39, 0.29) is 24.0 Å². The average molecular weight is 493 g/mol. The van der Waals surface area contributed by atoms with Crippen molar-refractivity contribution in [1.29, 1.82) is 0 Å². The lowest BCUT2D eigenvalue weighted by molar-refractivity contribution is 0.0169. The van der Waals surface area contributed by atoms with Crippen molar-refractivity contribution >= 4 is 29.9 Å². The lowest BCUT2D eigenvalue weighted by atomic mass is 9.98. The molecule has 2 rings (SSSR count). The molecule has 0 amide bonds. The lowest BCUT2D eigenvalue weighted by Crippen LogP contribution is -2.40. The predicted octanol–water partition coefficient (Wildman–Crippen LogP) is 3.95. The Morgan fingerprint density at radius 2 is 2.07 bits per heavy atom. The van der Waals surface area contributed by atoms with Crippen LogP contribution in [0.3, 0.4) is 0 Å². The second kappa shape index (κ2) is 15.2. The van der Waals surface area contributed by atoms with Crippen LogP contribution < -0.4 is 10.6 Å². The fraction of sp³-hybridized carbons (Fsp3) is 0.750. The van der Waals surface area contributed by atoms with Crippen molar-refractivity contribution < 1.29 is 13.9 Å². The molecule has 1 aliphatic carbocycles. The first-order valence-electron chi connectivity index (χ1n) is 9.99. The molecule has 1 fully saturated rings. The third-order valence-corrected chi connectivity index (χ3v) is 4.83. The Hall–Kier alpha value is -0.800. The number of nitrogens with one attached hydrogen (secondary N) is 2. The molecular weight excluding hydrogens is 457 g/mol. The molecule has 1 saturated carbocycles. The first kappa shape index (κ1) is 24.2. The molecule has 1 heterocycles. The third-order valence-electron chi connectivity index (χ3n) is 4.83. The zero-order valence-corrected chi connectivity index (χ0v) is 19.1. The number of halogens is 1. The highest BCUT2D eigenvalue weighted by atomic mass is 127. The van der Waals surface area contributed by atoms with Gasteiger partial charge in [0, 0.05) is 33.4 Å². The van der Waals surface area contributed by atoms with Gasteiger partial charge in [-0.25, -0.2) is 0 Å². The van der Waals surface area contributed by atoms with Crippen LogP contribution in [0, 0.1) is 5.92 Å². The van der Waals surface area contributed by atoms with Crippen molar-refractivity contribution in [3.05, 3.63) is 24.2 Å². The summed E-state index contributed by atoms with van der Waals surface area (Å²) in [7, 11) is 1.81. The minimum absolute atomic E-state index is 0. The fourth-order valence-electron chi connectivity index (χ4n) is 3.50. The topological polar surface area (TPSA) is 68.0 Å². The molecule has 0 bridgehead atoms. The monoisotopic (exact) mass is 493 g/mol. The lowest BCUT2D eigenvalue weighted by Gasteiger charge is -2.24. The second-order valence-corrected chi connectivity index (χ2v) is 6.74. The Balaban J connectivity index is 0.00000364. The molecule has 0 aliphatic heterocycles. The van der Waals surface area contributed by atoms with Crippen molar-refractivity contribution in [2.75, 3.05) is 33.4 Å². The minimum atomic E-state index is 0. The summed E-state index contributed by atoms with van der Waals surface area (Å²) >= 11 is 0. The van der Waals surface area contributed by atoms with Crippen molar-refractivity contribution in [1.82, 2.24) is 10.6 Å². The van der Waals surface area contributed by atoms with Gasteiger partial charge >= 0.3 is 0 Å². The number of nitrogens with zero attached hydrogens (tertiary/aromatic N) is 1. The van der Waals surface area contributed by atoms with Gasteiger partial charge in [-0.15, -0.1) is 24.0 Å².